The summed E-state index contributed by atoms with van der Waals surface area (Å²) in [5, 5.41) is 1.41. The summed E-state index contributed by atoms with van der Waals surface area (Å²) in [7, 11) is 2.20. The molecule has 1 aliphatic rings. The van der Waals surface area contributed by atoms with Gasteiger partial charge in [-0.1, -0.05) is 17.7 Å². The van der Waals surface area contributed by atoms with E-state index in [-0.39, 0.29) is 0 Å². The second-order valence-electron chi connectivity index (χ2n) is 6.85. The molecule has 122 valence electrons. The van der Waals surface area contributed by atoms with Crippen LogP contribution in [0.2, 0.25) is 0 Å². The molecular formula is C21H23N3. The lowest BCUT2D eigenvalue weighted by Gasteiger charge is -2.23. The highest BCUT2D eigenvalue weighted by molar-refractivity contribution is 5.89. The lowest BCUT2D eigenvalue weighted by Crippen LogP contribution is -2.27. The van der Waals surface area contributed by atoms with Gasteiger partial charge < -0.3 is 9.47 Å². The number of pyridine rings is 1. The summed E-state index contributed by atoms with van der Waals surface area (Å²) in [5.41, 5.74) is 7.74. The number of hydrogen-bond acceptors (Lipinski definition) is 2. The molecule has 0 spiro atoms. The molecule has 0 radical (unpaired) electrons. The van der Waals surface area contributed by atoms with Crippen molar-refractivity contribution in [1.82, 2.24) is 14.5 Å². The van der Waals surface area contributed by atoms with Gasteiger partial charge in [0.25, 0.3) is 0 Å². The van der Waals surface area contributed by atoms with Crippen LogP contribution in [0.15, 0.2) is 36.5 Å². The predicted octanol–water partition coefficient (Wildman–Crippen LogP) is 4.27. The molecule has 0 unspecified atom stereocenters. The Morgan fingerprint density at radius 2 is 2.00 bits per heavy atom. The van der Waals surface area contributed by atoms with Crippen LogP contribution in [0.4, 0.5) is 0 Å². The summed E-state index contributed by atoms with van der Waals surface area (Å²) in [6.45, 7) is 6.32. The van der Waals surface area contributed by atoms with E-state index in [9.17, 15) is 0 Å². The van der Waals surface area contributed by atoms with Gasteiger partial charge in [0.2, 0.25) is 0 Å². The smallest absolute Gasteiger partial charge is 0.0528 e. The van der Waals surface area contributed by atoms with E-state index in [4.69, 9.17) is 0 Å². The maximum Gasteiger partial charge on any atom is 0.0528 e. The minimum Gasteiger partial charge on any atom is -0.319 e. The monoisotopic (exact) mass is 317 g/mol. The molecule has 0 saturated heterocycles. The molecule has 3 heterocycles. The van der Waals surface area contributed by atoms with Crippen molar-refractivity contribution in [2.45, 2.75) is 26.8 Å². The molecule has 4 rings (SSSR count). The molecule has 1 aliphatic heterocycles. The third-order valence-corrected chi connectivity index (χ3v) is 4.89. The first-order valence-electron chi connectivity index (χ1n) is 8.53. The Balaban J connectivity index is 1.84. The van der Waals surface area contributed by atoms with Gasteiger partial charge in [-0.15, -0.1) is 0 Å². The van der Waals surface area contributed by atoms with Crippen molar-refractivity contribution in [3.05, 3.63) is 64.6 Å². The van der Waals surface area contributed by atoms with Gasteiger partial charge in [0.15, 0.2) is 0 Å². The average molecular weight is 317 g/mol. The molecule has 3 nitrogen and oxygen atoms in total. The first-order valence-corrected chi connectivity index (χ1v) is 8.53. The fourth-order valence-electron chi connectivity index (χ4n) is 3.54. The number of nitrogens with zero attached hydrogens (tertiary/aromatic N) is 3. The molecule has 24 heavy (non-hydrogen) atoms. The maximum absolute atomic E-state index is 4.38. The standard InChI is InChI=1S/C21H23N3/c1-15-4-7-20-19(12-15)18-9-10-23(3)14-21(18)24(20)11-8-17-6-5-16(2)22-13-17/h4-8,11-13H,9-10,14H2,1-3H3/b11-8+. The zero-order valence-electron chi connectivity index (χ0n) is 14.6. The van der Waals surface area contributed by atoms with Crippen LogP contribution in [0.3, 0.4) is 0 Å². The fraction of sp³-hybridized carbons (Fsp3) is 0.286. The first-order chi connectivity index (χ1) is 11.6. The Labute approximate surface area is 143 Å². The van der Waals surface area contributed by atoms with Crippen LogP contribution in [0.5, 0.6) is 0 Å². The van der Waals surface area contributed by atoms with Gasteiger partial charge in [0.05, 0.1) is 5.52 Å². The van der Waals surface area contributed by atoms with Gasteiger partial charge >= 0.3 is 0 Å². The average Bonchev–Trinajstić information content (AvgIpc) is 2.86. The van der Waals surface area contributed by atoms with Crippen LogP contribution in [0, 0.1) is 13.8 Å². The van der Waals surface area contributed by atoms with Crippen molar-refractivity contribution < 1.29 is 0 Å². The normalized spacial score (nSPS) is 15.3. The summed E-state index contributed by atoms with van der Waals surface area (Å²) in [6.07, 6.45) is 7.40. The third kappa shape index (κ3) is 2.65. The Morgan fingerprint density at radius 3 is 2.79 bits per heavy atom. The zero-order valence-corrected chi connectivity index (χ0v) is 14.6. The highest BCUT2D eigenvalue weighted by Gasteiger charge is 2.21. The van der Waals surface area contributed by atoms with E-state index in [0.717, 1.165) is 30.8 Å². The predicted molar refractivity (Wildman–Crippen MR) is 101 cm³/mol. The van der Waals surface area contributed by atoms with Crippen LogP contribution in [-0.2, 0) is 13.0 Å². The molecule has 0 bridgehead atoms. The van der Waals surface area contributed by atoms with Crippen molar-refractivity contribution in [3.63, 3.8) is 0 Å². The summed E-state index contributed by atoms with van der Waals surface area (Å²) in [5.74, 6) is 0. The highest BCUT2D eigenvalue weighted by atomic mass is 15.1. The number of rotatable bonds is 2. The first kappa shape index (κ1) is 15.2. The van der Waals surface area contributed by atoms with Crippen LogP contribution < -0.4 is 0 Å². The summed E-state index contributed by atoms with van der Waals surface area (Å²) in [4.78, 5) is 6.78. The number of aryl methyl sites for hydroxylation is 2. The van der Waals surface area contributed by atoms with E-state index in [1.165, 1.54) is 27.7 Å². The molecule has 2 aromatic heterocycles. The minimum atomic E-state index is 1.000. The lowest BCUT2D eigenvalue weighted by molar-refractivity contribution is 0.308. The van der Waals surface area contributed by atoms with Gasteiger partial charge in [-0.2, -0.15) is 0 Å². The van der Waals surface area contributed by atoms with E-state index < -0.39 is 0 Å². The van der Waals surface area contributed by atoms with Crippen LogP contribution >= 0.6 is 0 Å². The molecule has 3 aromatic rings. The number of benzene rings is 1. The van der Waals surface area contributed by atoms with E-state index in [0.29, 0.717) is 0 Å². The van der Waals surface area contributed by atoms with Crippen LogP contribution in [-0.4, -0.2) is 28.0 Å². The molecule has 0 N–H and O–H groups in total. The van der Waals surface area contributed by atoms with E-state index >= 15 is 0 Å². The van der Waals surface area contributed by atoms with Gasteiger partial charge in [-0.3, -0.25) is 4.98 Å². The molecule has 0 aliphatic carbocycles. The Morgan fingerprint density at radius 1 is 1.12 bits per heavy atom. The third-order valence-electron chi connectivity index (χ3n) is 4.89. The molecule has 0 amide bonds. The van der Waals surface area contributed by atoms with Crippen molar-refractivity contribution in [2.75, 3.05) is 13.6 Å². The van der Waals surface area contributed by atoms with Gasteiger partial charge in [-0.25, -0.2) is 0 Å². The van der Waals surface area contributed by atoms with Gasteiger partial charge in [0.1, 0.15) is 0 Å². The van der Waals surface area contributed by atoms with Gasteiger partial charge in [-0.05, 0) is 62.7 Å². The SMILES string of the molecule is Cc1ccc2c(c1)c1c(n2/C=C/c2ccc(C)nc2)CN(C)CC1. The molecule has 1 aromatic carbocycles. The molecule has 3 heteroatoms. The quantitative estimate of drug-likeness (QED) is 0.704. The number of fused-ring (bicyclic) bond motifs is 3. The number of aromatic nitrogens is 2. The van der Waals surface area contributed by atoms with Crippen LogP contribution in [0.1, 0.15) is 28.1 Å². The molecule has 0 fully saturated rings. The second kappa shape index (κ2) is 5.91. The second-order valence-corrected chi connectivity index (χ2v) is 6.85. The Kier molecular flexibility index (Phi) is 3.73. The van der Waals surface area contributed by atoms with Crippen molar-refractivity contribution in [2.24, 2.45) is 0 Å². The summed E-state index contributed by atoms with van der Waals surface area (Å²) in [6, 6.07) is 11.0. The summed E-state index contributed by atoms with van der Waals surface area (Å²) < 4.78 is 2.36. The Bertz CT molecular complexity index is 916. The molecular weight excluding hydrogens is 294 g/mol. The van der Waals surface area contributed by atoms with Crippen molar-refractivity contribution in [3.8, 4) is 0 Å². The maximum atomic E-state index is 4.38. The summed E-state index contributed by atoms with van der Waals surface area (Å²) >= 11 is 0. The van der Waals surface area contributed by atoms with Crippen LogP contribution in [0.25, 0.3) is 23.2 Å². The number of likely N-dealkylation sites (N-methyl/N-ethyl adjacent to an activating group) is 1. The number of hydrogen-bond donors (Lipinski definition) is 0. The minimum absolute atomic E-state index is 1.000. The lowest BCUT2D eigenvalue weighted by atomic mass is 10.0. The van der Waals surface area contributed by atoms with E-state index in [2.05, 4.69) is 71.0 Å². The molecule has 0 atom stereocenters. The van der Waals surface area contributed by atoms with Crippen molar-refractivity contribution >= 4 is 23.2 Å². The van der Waals surface area contributed by atoms with Crippen molar-refractivity contribution in [1.29, 1.82) is 0 Å². The fourth-order valence-corrected chi connectivity index (χ4v) is 3.54. The van der Waals surface area contributed by atoms with E-state index in [1.54, 1.807) is 0 Å². The molecule has 0 saturated carbocycles. The Hall–Kier alpha value is -2.39. The van der Waals surface area contributed by atoms with Gasteiger partial charge in [0, 0.05) is 42.3 Å². The highest BCUT2D eigenvalue weighted by Crippen LogP contribution is 2.31. The zero-order chi connectivity index (χ0) is 16.7. The van der Waals surface area contributed by atoms with E-state index in [1.807, 2.05) is 13.1 Å². The largest absolute Gasteiger partial charge is 0.319 e. The topological polar surface area (TPSA) is 21.1 Å².